The van der Waals surface area contributed by atoms with E-state index in [1.165, 1.54) is 6.08 Å². The van der Waals surface area contributed by atoms with E-state index in [9.17, 15) is 13.5 Å². The summed E-state index contributed by atoms with van der Waals surface area (Å²) in [6.07, 6.45) is -0.697. The van der Waals surface area contributed by atoms with Crippen LogP contribution in [0.25, 0.3) is 0 Å². The van der Waals surface area contributed by atoms with Crippen molar-refractivity contribution >= 4 is 10.1 Å². The van der Waals surface area contributed by atoms with Crippen molar-refractivity contribution in [2.45, 2.75) is 23.6 Å². The third-order valence-electron chi connectivity index (χ3n) is 2.43. The molecular formula is C6H6O5S. The summed E-state index contributed by atoms with van der Waals surface area (Å²) in [6.45, 7) is 0. The largest absolute Gasteiger partial charge is 0.487 e. The molecule has 2 saturated heterocycles. The van der Waals surface area contributed by atoms with E-state index in [1.807, 2.05) is 0 Å². The van der Waals surface area contributed by atoms with Crippen LogP contribution in [0.5, 0.6) is 0 Å². The van der Waals surface area contributed by atoms with E-state index < -0.39 is 33.7 Å². The van der Waals surface area contributed by atoms with Gasteiger partial charge in [-0.2, -0.15) is 8.42 Å². The van der Waals surface area contributed by atoms with Crippen molar-refractivity contribution in [3.05, 3.63) is 11.8 Å². The zero-order valence-corrected chi connectivity index (χ0v) is 6.69. The lowest BCUT2D eigenvalue weighted by molar-refractivity contribution is 0.0760. The van der Waals surface area contributed by atoms with Crippen molar-refractivity contribution < 1.29 is 22.4 Å². The van der Waals surface area contributed by atoms with E-state index >= 15 is 0 Å². The number of hydrogen-bond acceptors (Lipinski definition) is 5. The fourth-order valence-electron chi connectivity index (χ4n) is 1.86. The predicted molar refractivity (Wildman–Crippen MR) is 36.5 cm³/mol. The Morgan fingerprint density at radius 2 is 2.17 bits per heavy atom. The first-order valence-corrected chi connectivity index (χ1v) is 5.05. The molecule has 12 heavy (non-hydrogen) atoms. The van der Waals surface area contributed by atoms with Crippen LogP contribution < -0.4 is 0 Å². The molecule has 0 aliphatic carbocycles. The molecule has 5 nitrogen and oxygen atoms in total. The van der Waals surface area contributed by atoms with Gasteiger partial charge in [0, 0.05) is 0 Å². The Labute approximate surface area is 68.7 Å². The molecule has 0 radical (unpaired) electrons. The van der Waals surface area contributed by atoms with Gasteiger partial charge in [0.05, 0.1) is 0 Å². The normalized spacial score (nSPS) is 52.2. The summed E-state index contributed by atoms with van der Waals surface area (Å²) in [6, 6.07) is 0. The van der Waals surface area contributed by atoms with Gasteiger partial charge in [-0.05, 0) is 6.08 Å². The minimum absolute atomic E-state index is 0.344. The highest BCUT2D eigenvalue weighted by atomic mass is 32.2. The second kappa shape index (κ2) is 1.68. The van der Waals surface area contributed by atoms with Gasteiger partial charge < -0.3 is 9.84 Å². The number of ether oxygens (including phenoxy) is 1. The van der Waals surface area contributed by atoms with Gasteiger partial charge in [-0.15, -0.1) is 0 Å². The molecule has 2 bridgehead atoms. The molecule has 0 aromatic rings. The van der Waals surface area contributed by atoms with Crippen molar-refractivity contribution in [3.63, 3.8) is 0 Å². The third kappa shape index (κ3) is 0.562. The summed E-state index contributed by atoms with van der Waals surface area (Å²) in [5, 5.41) is 8.66. The summed E-state index contributed by atoms with van der Waals surface area (Å²) < 4.78 is 32.1. The first kappa shape index (κ1) is 6.88. The maximum atomic E-state index is 11.2. The molecule has 66 valence electrons. The number of aliphatic hydroxyl groups is 1. The fraction of sp³-hybridized carbons (Fsp3) is 0.667. The molecule has 0 spiro atoms. The van der Waals surface area contributed by atoms with Crippen LogP contribution in [-0.4, -0.2) is 37.1 Å². The highest BCUT2D eigenvalue weighted by molar-refractivity contribution is 7.87. The molecule has 0 aromatic carbocycles. The highest BCUT2D eigenvalue weighted by Gasteiger charge is 2.62. The quantitative estimate of drug-likeness (QED) is 0.483. The molecule has 0 saturated carbocycles. The van der Waals surface area contributed by atoms with Gasteiger partial charge in [-0.1, -0.05) is 0 Å². The van der Waals surface area contributed by atoms with E-state index in [0.29, 0.717) is 5.76 Å². The summed E-state index contributed by atoms with van der Waals surface area (Å²) in [5.41, 5.74) is 0. The Morgan fingerprint density at radius 3 is 2.75 bits per heavy atom. The molecule has 3 rings (SSSR count). The standard InChI is InChI=1S/C6H6O5S/c7-4-2-1-3-5(10-2)6(4)11-12(3,8)9/h1,3-7H. The Morgan fingerprint density at radius 1 is 1.42 bits per heavy atom. The van der Waals surface area contributed by atoms with Crippen LogP contribution in [0.3, 0.4) is 0 Å². The molecule has 1 N–H and O–H groups in total. The second-order valence-corrected chi connectivity index (χ2v) is 4.84. The van der Waals surface area contributed by atoms with E-state index in [-0.39, 0.29) is 0 Å². The minimum atomic E-state index is -3.53. The van der Waals surface area contributed by atoms with E-state index in [4.69, 9.17) is 4.74 Å². The molecular weight excluding hydrogens is 184 g/mol. The van der Waals surface area contributed by atoms with E-state index in [1.54, 1.807) is 0 Å². The first-order valence-electron chi connectivity index (χ1n) is 3.58. The predicted octanol–water partition coefficient (Wildman–Crippen LogP) is -1.26. The molecule has 2 fully saturated rings. The number of hydrogen-bond donors (Lipinski definition) is 1. The van der Waals surface area contributed by atoms with Crippen molar-refractivity contribution in [3.8, 4) is 0 Å². The molecule has 3 heterocycles. The van der Waals surface area contributed by atoms with Crippen LogP contribution in [0.1, 0.15) is 0 Å². The van der Waals surface area contributed by atoms with Gasteiger partial charge >= 0.3 is 0 Å². The molecule has 0 aromatic heterocycles. The Kier molecular flexibility index (Phi) is 0.964. The van der Waals surface area contributed by atoms with Gasteiger partial charge in [0.25, 0.3) is 10.1 Å². The fourth-order valence-corrected chi connectivity index (χ4v) is 3.35. The zero-order chi connectivity index (χ0) is 8.51. The van der Waals surface area contributed by atoms with Gasteiger partial charge in [0.15, 0.2) is 6.10 Å². The number of fused-ring (bicyclic) bond motifs is 1. The Bertz CT molecular complexity index is 369. The smallest absolute Gasteiger partial charge is 0.278 e. The van der Waals surface area contributed by atoms with E-state index in [2.05, 4.69) is 4.18 Å². The lowest BCUT2D eigenvalue weighted by Gasteiger charge is -2.07. The summed E-state index contributed by atoms with van der Waals surface area (Å²) in [5.74, 6) is 0.344. The Hall–Kier alpha value is -0.590. The SMILES string of the molecule is O=S1(=O)OC2C(O)C3=CC1C2O3. The average molecular weight is 190 g/mol. The van der Waals surface area contributed by atoms with Crippen molar-refractivity contribution in [1.82, 2.24) is 0 Å². The van der Waals surface area contributed by atoms with Crippen LogP contribution >= 0.6 is 0 Å². The molecule has 3 aliphatic heterocycles. The summed E-state index contributed by atoms with van der Waals surface area (Å²) in [4.78, 5) is 0. The van der Waals surface area contributed by atoms with Crippen molar-refractivity contribution in [2.24, 2.45) is 0 Å². The summed E-state index contributed by atoms with van der Waals surface area (Å²) in [7, 11) is -3.53. The van der Waals surface area contributed by atoms with Crippen molar-refractivity contribution in [2.75, 3.05) is 0 Å². The first-order chi connectivity index (χ1) is 5.59. The topological polar surface area (TPSA) is 72.8 Å². The van der Waals surface area contributed by atoms with Crippen LogP contribution in [0.4, 0.5) is 0 Å². The zero-order valence-electron chi connectivity index (χ0n) is 5.88. The molecule has 4 atom stereocenters. The van der Waals surface area contributed by atoms with E-state index in [0.717, 1.165) is 0 Å². The van der Waals surface area contributed by atoms with Crippen LogP contribution in [0.15, 0.2) is 11.8 Å². The Balaban J connectivity index is 2.20. The van der Waals surface area contributed by atoms with Crippen LogP contribution in [0.2, 0.25) is 0 Å². The van der Waals surface area contributed by atoms with Gasteiger partial charge in [0.1, 0.15) is 23.2 Å². The average Bonchev–Trinajstić information content (AvgIpc) is 2.54. The van der Waals surface area contributed by atoms with Crippen molar-refractivity contribution in [1.29, 1.82) is 0 Å². The minimum Gasteiger partial charge on any atom is -0.487 e. The molecule has 3 aliphatic rings. The lowest BCUT2D eigenvalue weighted by atomic mass is 10.0. The third-order valence-corrected chi connectivity index (χ3v) is 3.99. The summed E-state index contributed by atoms with van der Waals surface area (Å²) >= 11 is 0. The number of rotatable bonds is 0. The number of aliphatic hydroxyl groups excluding tert-OH is 1. The maximum Gasteiger partial charge on any atom is 0.278 e. The lowest BCUT2D eigenvalue weighted by Crippen LogP contribution is -2.32. The van der Waals surface area contributed by atoms with Gasteiger partial charge in [-0.25, -0.2) is 0 Å². The highest BCUT2D eigenvalue weighted by Crippen LogP contribution is 2.44. The van der Waals surface area contributed by atoms with Gasteiger partial charge in [0.2, 0.25) is 0 Å². The molecule has 6 heteroatoms. The molecule has 4 unspecified atom stereocenters. The molecule has 0 amide bonds. The second-order valence-electron chi connectivity index (χ2n) is 3.11. The maximum absolute atomic E-state index is 11.2. The van der Waals surface area contributed by atoms with Crippen LogP contribution in [-0.2, 0) is 19.0 Å². The monoisotopic (exact) mass is 190 g/mol. The van der Waals surface area contributed by atoms with Gasteiger partial charge in [-0.3, -0.25) is 4.18 Å². The van der Waals surface area contributed by atoms with Crippen LogP contribution in [0, 0.1) is 0 Å².